The van der Waals surface area contributed by atoms with E-state index in [-0.39, 0.29) is 11.4 Å². The van der Waals surface area contributed by atoms with Crippen LogP contribution in [0.4, 0.5) is 11.4 Å². The maximum atomic E-state index is 10.6. The smallest absolute Gasteiger partial charge is 0.164 e. The Morgan fingerprint density at radius 1 is 1.53 bits per heavy atom. The van der Waals surface area contributed by atoms with Crippen LogP contribution in [0.2, 0.25) is 0 Å². The number of phenols is 1. The van der Waals surface area contributed by atoms with Crippen LogP contribution in [0.5, 0.6) is 5.75 Å². The second-order valence-corrected chi connectivity index (χ2v) is 3.27. The molecule has 0 amide bonds. The molecule has 82 valence electrons. The quantitative estimate of drug-likeness (QED) is 0.337. The third-order valence-electron chi connectivity index (χ3n) is 2.15. The van der Waals surface area contributed by atoms with Crippen molar-refractivity contribution >= 4 is 11.4 Å². The molecule has 0 fully saturated rings. The van der Waals surface area contributed by atoms with Crippen molar-refractivity contribution in [3.63, 3.8) is 0 Å². The summed E-state index contributed by atoms with van der Waals surface area (Å²) in [6.45, 7) is 2.50. The van der Waals surface area contributed by atoms with E-state index in [2.05, 4.69) is 5.29 Å². The van der Waals surface area contributed by atoms with Crippen LogP contribution >= 0.6 is 0 Å². The fourth-order valence-electron chi connectivity index (χ4n) is 1.27. The zero-order valence-electron chi connectivity index (χ0n) is 8.68. The summed E-state index contributed by atoms with van der Waals surface area (Å²) in [6.07, 6.45) is 1.79. The monoisotopic (exact) mass is 209 g/mol. The Kier molecular flexibility index (Phi) is 3.91. The Morgan fingerprint density at radius 3 is 2.87 bits per heavy atom. The van der Waals surface area contributed by atoms with Gasteiger partial charge in [0.1, 0.15) is 5.69 Å². The molecule has 0 heterocycles. The van der Waals surface area contributed by atoms with Crippen molar-refractivity contribution in [3.05, 3.63) is 23.1 Å². The highest BCUT2D eigenvalue weighted by atomic mass is 16.3. The molecule has 5 heteroatoms. The van der Waals surface area contributed by atoms with Gasteiger partial charge in [-0.15, -0.1) is 4.91 Å². The van der Waals surface area contributed by atoms with Crippen molar-refractivity contribution in [2.75, 3.05) is 17.3 Å². The number of nitrogen functional groups attached to an aromatic ring is 1. The molecular weight excluding hydrogens is 194 g/mol. The van der Waals surface area contributed by atoms with Crippen LogP contribution in [-0.4, -0.2) is 11.7 Å². The summed E-state index contributed by atoms with van der Waals surface area (Å²) in [5.74, 6) is -0.0896. The number of para-hydroxylation sites is 1. The van der Waals surface area contributed by atoms with Crippen LogP contribution in [0.25, 0.3) is 0 Å². The van der Waals surface area contributed by atoms with Crippen molar-refractivity contribution in [3.8, 4) is 5.75 Å². The lowest BCUT2D eigenvalue weighted by Crippen LogP contribution is -2.16. The van der Waals surface area contributed by atoms with Gasteiger partial charge < -0.3 is 10.8 Å². The number of phenolic OH excluding ortho intramolecular Hbond substituents is 1. The molecule has 0 aliphatic heterocycles. The number of rotatable bonds is 5. The van der Waals surface area contributed by atoms with Crippen LogP contribution < -0.4 is 10.7 Å². The van der Waals surface area contributed by atoms with Crippen LogP contribution in [0, 0.1) is 4.91 Å². The van der Waals surface area contributed by atoms with Gasteiger partial charge in [0.2, 0.25) is 0 Å². The van der Waals surface area contributed by atoms with Gasteiger partial charge in [-0.25, -0.2) is 5.01 Å². The van der Waals surface area contributed by atoms with Gasteiger partial charge in [-0.2, -0.15) is 0 Å². The van der Waals surface area contributed by atoms with E-state index in [1.54, 1.807) is 18.2 Å². The zero-order chi connectivity index (χ0) is 11.3. The van der Waals surface area contributed by atoms with Crippen molar-refractivity contribution < 1.29 is 5.11 Å². The zero-order valence-corrected chi connectivity index (χ0v) is 8.68. The lowest BCUT2D eigenvalue weighted by molar-refractivity contribution is 0.476. The molecule has 0 aliphatic carbocycles. The number of nitrogens with two attached hydrogens (primary N) is 1. The molecule has 0 atom stereocenters. The Balaban J connectivity index is 2.91. The number of anilines is 2. The largest absolute Gasteiger partial charge is 0.504 e. The molecule has 0 bridgehead atoms. The molecule has 0 aliphatic rings. The minimum Gasteiger partial charge on any atom is -0.504 e. The number of nitrogens with zero attached hydrogens (tertiary/aromatic N) is 2. The van der Waals surface area contributed by atoms with Gasteiger partial charge >= 0.3 is 0 Å². The van der Waals surface area contributed by atoms with E-state index < -0.39 is 0 Å². The van der Waals surface area contributed by atoms with Gasteiger partial charge in [-0.1, -0.05) is 19.4 Å². The molecule has 5 nitrogen and oxygen atoms in total. The molecule has 0 spiro atoms. The topological polar surface area (TPSA) is 78.9 Å². The first-order valence-corrected chi connectivity index (χ1v) is 4.89. The molecule has 1 aromatic carbocycles. The number of nitroso groups, excluding NO2 is 1. The molecule has 0 saturated carbocycles. The third kappa shape index (κ3) is 2.59. The Hall–Kier alpha value is -1.78. The summed E-state index contributed by atoms with van der Waals surface area (Å²) in [5, 5.41) is 13.7. The van der Waals surface area contributed by atoms with Crippen LogP contribution in [-0.2, 0) is 0 Å². The highest BCUT2D eigenvalue weighted by Crippen LogP contribution is 2.32. The molecule has 15 heavy (non-hydrogen) atoms. The van der Waals surface area contributed by atoms with Crippen molar-refractivity contribution in [1.82, 2.24) is 0 Å². The van der Waals surface area contributed by atoms with E-state index in [1.165, 1.54) is 5.01 Å². The highest BCUT2D eigenvalue weighted by Gasteiger charge is 2.12. The lowest BCUT2D eigenvalue weighted by atomic mass is 10.2. The molecule has 0 unspecified atom stereocenters. The average molecular weight is 209 g/mol. The molecular formula is C10H15N3O2. The van der Waals surface area contributed by atoms with E-state index >= 15 is 0 Å². The highest BCUT2D eigenvalue weighted by molar-refractivity contribution is 5.69. The first-order valence-electron chi connectivity index (χ1n) is 4.89. The number of hydrogen-bond acceptors (Lipinski definition) is 4. The minimum absolute atomic E-state index is 0.0896. The predicted molar refractivity (Wildman–Crippen MR) is 60.6 cm³/mol. The Morgan fingerprint density at radius 2 is 2.27 bits per heavy atom. The second kappa shape index (κ2) is 5.19. The minimum atomic E-state index is -0.0896. The van der Waals surface area contributed by atoms with E-state index in [0.717, 1.165) is 12.8 Å². The number of unbranched alkanes of at least 4 members (excludes halogenated alkanes) is 1. The number of benzene rings is 1. The van der Waals surface area contributed by atoms with Gasteiger partial charge in [0.05, 0.1) is 11.0 Å². The first-order chi connectivity index (χ1) is 7.20. The summed E-state index contributed by atoms with van der Waals surface area (Å²) in [5.41, 5.74) is 6.13. The summed E-state index contributed by atoms with van der Waals surface area (Å²) in [4.78, 5) is 10.6. The van der Waals surface area contributed by atoms with E-state index in [4.69, 9.17) is 5.73 Å². The third-order valence-corrected chi connectivity index (χ3v) is 2.15. The van der Waals surface area contributed by atoms with E-state index in [1.807, 2.05) is 6.92 Å². The molecule has 0 radical (unpaired) electrons. The van der Waals surface area contributed by atoms with E-state index in [9.17, 15) is 10.0 Å². The van der Waals surface area contributed by atoms with Gasteiger partial charge in [0.25, 0.3) is 0 Å². The Labute approximate surface area is 88.4 Å². The average Bonchev–Trinajstić information content (AvgIpc) is 2.25. The molecule has 1 rings (SSSR count). The SMILES string of the molecule is CCCCN(N=O)c1cccc(N)c1O. The van der Waals surface area contributed by atoms with Crippen LogP contribution in [0.3, 0.4) is 0 Å². The summed E-state index contributed by atoms with van der Waals surface area (Å²) >= 11 is 0. The number of hydrogen-bond donors (Lipinski definition) is 2. The van der Waals surface area contributed by atoms with Crippen molar-refractivity contribution in [2.45, 2.75) is 19.8 Å². The fraction of sp³-hybridized carbons (Fsp3) is 0.400. The molecule has 0 saturated heterocycles. The Bertz CT molecular complexity index is 341. The van der Waals surface area contributed by atoms with Gasteiger partial charge in [-0.3, -0.25) is 0 Å². The van der Waals surface area contributed by atoms with Crippen LogP contribution in [0.1, 0.15) is 19.8 Å². The molecule has 0 aromatic heterocycles. The maximum Gasteiger partial charge on any atom is 0.164 e. The van der Waals surface area contributed by atoms with Crippen molar-refractivity contribution in [1.29, 1.82) is 0 Å². The normalized spacial score (nSPS) is 9.93. The summed E-state index contributed by atoms with van der Waals surface area (Å²) in [7, 11) is 0. The first kappa shape index (κ1) is 11.3. The molecule has 1 aromatic rings. The van der Waals surface area contributed by atoms with Crippen LogP contribution in [0.15, 0.2) is 23.5 Å². The van der Waals surface area contributed by atoms with Crippen molar-refractivity contribution in [2.24, 2.45) is 5.29 Å². The fourth-order valence-corrected chi connectivity index (χ4v) is 1.27. The second-order valence-electron chi connectivity index (χ2n) is 3.27. The maximum absolute atomic E-state index is 10.6. The lowest BCUT2D eigenvalue weighted by Gasteiger charge is -2.16. The molecule has 3 N–H and O–H groups in total. The van der Waals surface area contributed by atoms with Gasteiger partial charge in [-0.05, 0) is 18.6 Å². The number of aromatic hydroxyl groups is 1. The van der Waals surface area contributed by atoms with Gasteiger partial charge in [0, 0.05) is 6.54 Å². The van der Waals surface area contributed by atoms with E-state index in [0.29, 0.717) is 12.2 Å². The predicted octanol–water partition coefficient (Wildman–Crippen LogP) is 2.26. The van der Waals surface area contributed by atoms with Gasteiger partial charge in [0.15, 0.2) is 5.75 Å². The summed E-state index contributed by atoms with van der Waals surface area (Å²) < 4.78 is 0. The summed E-state index contributed by atoms with van der Waals surface area (Å²) in [6, 6.07) is 4.86. The standard InChI is InChI=1S/C10H15N3O2/c1-2-3-7-13(12-15)9-6-4-5-8(11)10(9)14/h4-6,14H,2-3,7,11H2,1H3.